The van der Waals surface area contributed by atoms with Crippen LogP contribution in [0.25, 0.3) is 10.9 Å². The van der Waals surface area contributed by atoms with Crippen molar-refractivity contribution in [1.82, 2.24) is 14.4 Å². The van der Waals surface area contributed by atoms with Crippen molar-refractivity contribution in [1.29, 1.82) is 0 Å². The number of aromatic nitrogens is 1. The van der Waals surface area contributed by atoms with E-state index in [1.54, 1.807) is 4.90 Å². The average molecular weight is 339 g/mol. The van der Waals surface area contributed by atoms with Crippen LogP contribution in [0.2, 0.25) is 0 Å². The fraction of sp³-hybridized carbons (Fsp3) is 0.500. The third-order valence-corrected chi connectivity index (χ3v) is 5.94. The summed E-state index contributed by atoms with van der Waals surface area (Å²) >= 11 is 0. The van der Waals surface area contributed by atoms with E-state index in [1.165, 1.54) is 0 Å². The van der Waals surface area contributed by atoms with Gasteiger partial charge in [0, 0.05) is 44.3 Å². The van der Waals surface area contributed by atoms with Gasteiger partial charge in [0.1, 0.15) is 5.54 Å². The Bertz CT molecular complexity index is 841. The molecule has 0 radical (unpaired) electrons. The topological polar surface area (TPSA) is 45.5 Å². The number of fused-ring (bicyclic) bond motifs is 1. The van der Waals surface area contributed by atoms with E-state index in [0.717, 1.165) is 48.7 Å². The first-order chi connectivity index (χ1) is 12.0. The maximum absolute atomic E-state index is 13.1. The van der Waals surface area contributed by atoms with Crippen LogP contribution in [0.4, 0.5) is 0 Å². The fourth-order valence-electron chi connectivity index (χ4n) is 4.72. The lowest BCUT2D eigenvalue weighted by molar-refractivity contribution is -0.153. The van der Waals surface area contributed by atoms with Crippen LogP contribution in [0, 0.1) is 0 Å². The predicted octanol–water partition coefficient (Wildman–Crippen LogP) is 2.33. The van der Waals surface area contributed by atoms with Crippen LogP contribution in [0.15, 0.2) is 30.5 Å². The molecule has 1 atom stereocenters. The first-order valence-corrected chi connectivity index (χ1v) is 9.12. The second-order valence-electron chi connectivity index (χ2n) is 7.47. The standard InChI is InChI=1S/C20H25N3O2/c1-21-11-5-9-20(19(21)25)10-6-12-23(20)18(24)13-15-14-22(2)17-8-4-3-7-16(15)17/h3-4,7-8,14H,5-6,9-13H2,1-2H3. The van der Waals surface area contributed by atoms with Crippen LogP contribution in [-0.4, -0.2) is 51.9 Å². The molecule has 2 aromatic rings. The van der Waals surface area contributed by atoms with Gasteiger partial charge in [-0.15, -0.1) is 0 Å². The Hall–Kier alpha value is -2.30. The van der Waals surface area contributed by atoms with Gasteiger partial charge in [0.2, 0.25) is 11.8 Å². The molecule has 0 N–H and O–H groups in total. The van der Waals surface area contributed by atoms with Gasteiger partial charge in [-0.2, -0.15) is 0 Å². The first kappa shape index (κ1) is 16.2. The summed E-state index contributed by atoms with van der Waals surface area (Å²) in [7, 11) is 3.86. The number of nitrogens with zero attached hydrogens (tertiary/aromatic N) is 3. The number of benzene rings is 1. The molecular weight excluding hydrogens is 314 g/mol. The van der Waals surface area contributed by atoms with Crippen molar-refractivity contribution >= 4 is 22.7 Å². The Kier molecular flexibility index (Phi) is 3.82. The van der Waals surface area contributed by atoms with Gasteiger partial charge in [-0.05, 0) is 37.3 Å². The van der Waals surface area contributed by atoms with E-state index in [0.29, 0.717) is 13.0 Å². The van der Waals surface area contributed by atoms with Crippen LogP contribution in [0.1, 0.15) is 31.2 Å². The number of carbonyl (C=O) groups is 2. The Morgan fingerprint density at radius 2 is 1.84 bits per heavy atom. The highest BCUT2D eigenvalue weighted by atomic mass is 16.2. The minimum absolute atomic E-state index is 0.0810. The molecular formula is C20H25N3O2. The molecule has 2 amide bonds. The van der Waals surface area contributed by atoms with Crippen LogP contribution in [0.3, 0.4) is 0 Å². The Morgan fingerprint density at radius 3 is 2.64 bits per heavy atom. The van der Waals surface area contributed by atoms with Crippen LogP contribution in [-0.2, 0) is 23.1 Å². The highest BCUT2D eigenvalue weighted by Crippen LogP contribution is 2.38. The maximum atomic E-state index is 13.1. The quantitative estimate of drug-likeness (QED) is 0.843. The van der Waals surface area contributed by atoms with Gasteiger partial charge in [0.25, 0.3) is 0 Å². The number of para-hydroxylation sites is 1. The molecule has 25 heavy (non-hydrogen) atoms. The van der Waals surface area contributed by atoms with E-state index >= 15 is 0 Å². The number of likely N-dealkylation sites (N-methyl/N-ethyl adjacent to an activating group) is 1. The van der Waals surface area contributed by atoms with Crippen molar-refractivity contribution < 1.29 is 9.59 Å². The molecule has 1 spiro atoms. The summed E-state index contributed by atoms with van der Waals surface area (Å²) in [5.41, 5.74) is 1.59. The molecule has 2 aliphatic rings. The largest absolute Gasteiger partial charge is 0.350 e. The molecule has 132 valence electrons. The Morgan fingerprint density at radius 1 is 1.12 bits per heavy atom. The lowest BCUT2D eigenvalue weighted by Crippen LogP contribution is -2.60. The molecule has 5 heteroatoms. The zero-order valence-electron chi connectivity index (χ0n) is 15.0. The molecule has 0 bridgehead atoms. The molecule has 4 rings (SSSR count). The van der Waals surface area contributed by atoms with Gasteiger partial charge >= 0.3 is 0 Å². The fourth-order valence-corrected chi connectivity index (χ4v) is 4.72. The number of hydrogen-bond donors (Lipinski definition) is 0. The number of rotatable bonds is 2. The van der Waals surface area contributed by atoms with E-state index in [1.807, 2.05) is 37.3 Å². The number of likely N-dealkylation sites (tertiary alicyclic amines) is 2. The van der Waals surface area contributed by atoms with E-state index in [2.05, 4.69) is 16.7 Å². The minimum Gasteiger partial charge on any atom is -0.350 e. The lowest BCUT2D eigenvalue weighted by atomic mass is 9.85. The zero-order valence-corrected chi connectivity index (χ0v) is 15.0. The van der Waals surface area contributed by atoms with Gasteiger partial charge in [-0.1, -0.05) is 18.2 Å². The zero-order chi connectivity index (χ0) is 17.6. The number of aryl methyl sites for hydroxylation is 1. The summed E-state index contributed by atoms with van der Waals surface area (Å²) in [6.07, 6.45) is 5.90. The Balaban J connectivity index is 1.63. The number of carbonyl (C=O) groups excluding carboxylic acids is 2. The molecule has 0 aliphatic carbocycles. The highest BCUT2D eigenvalue weighted by Gasteiger charge is 2.51. The van der Waals surface area contributed by atoms with Gasteiger partial charge in [-0.3, -0.25) is 9.59 Å². The van der Waals surface area contributed by atoms with E-state index in [4.69, 9.17) is 0 Å². The second kappa shape index (κ2) is 5.90. The minimum atomic E-state index is -0.589. The van der Waals surface area contributed by atoms with Crippen LogP contribution < -0.4 is 0 Å². The smallest absolute Gasteiger partial charge is 0.248 e. The molecule has 3 heterocycles. The first-order valence-electron chi connectivity index (χ1n) is 9.12. The second-order valence-corrected chi connectivity index (χ2v) is 7.47. The summed E-state index contributed by atoms with van der Waals surface area (Å²) < 4.78 is 2.07. The summed E-state index contributed by atoms with van der Waals surface area (Å²) in [5, 5.41) is 1.12. The third kappa shape index (κ3) is 2.44. The molecule has 2 fully saturated rings. The number of piperidine rings is 1. The molecule has 5 nitrogen and oxygen atoms in total. The van der Waals surface area contributed by atoms with Crippen molar-refractivity contribution in [3.8, 4) is 0 Å². The summed E-state index contributed by atoms with van der Waals surface area (Å²) in [6.45, 7) is 1.50. The maximum Gasteiger partial charge on any atom is 0.248 e. The number of hydrogen-bond acceptors (Lipinski definition) is 2. The monoisotopic (exact) mass is 339 g/mol. The van der Waals surface area contributed by atoms with Crippen molar-refractivity contribution in [2.75, 3.05) is 20.1 Å². The van der Waals surface area contributed by atoms with Crippen LogP contribution >= 0.6 is 0 Å². The molecule has 1 aromatic carbocycles. The normalized spacial score (nSPS) is 23.8. The predicted molar refractivity (Wildman–Crippen MR) is 97.2 cm³/mol. The van der Waals surface area contributed by atoms with Gasteiger partial charge < -0.3 is 14.4 Å². The molecule has 2 saturated heterocycles. The summed E-state index contributed by atoms with van der Waals surface area (Å²) in [6, 6.07) is 8.16. The van der Waals surface area contributed by atoms with Crippen molar-refractivity contribution in [3.63, 3.8) is 0 Å². The lowest BCUT2D eigenvalue weighted by Gasteiger charge is -2.43. The van der Waals surface area contributed by atoms with E-state index < -0.39 is 5.54 Å². The summed E-state index contributed by atoms with van der Waals surface area (Å²) in [5.74, 6) is 0.208. The third-order valence-electron chi connectivity index (χ3n) is 5.94. The molecule has 1 unspecified atom stereocenters. The molecule has 2 aliphatic heterocycles. The van der Waals surface area contributed by atoms with Crippen molar-refractivity contribution in [2.45, 2.75) is 37.6 Å². The van der Waals surface area contributed by atoms with Gasteiger partial charge in [-0.25, -0.2) is 0 Å². The Labute approximate surface area is 148 Å². The molecule has 1 aromatic heterocycles. The highest BCUT2D eigenvalue weighted by molar-refractivity contribution is 5.95. The van der Waals surface area contributed by atoms with Crippen molar-refractivity contribution in [2.24, 2.45) is 7.05 Å². The van der Waals surface area contributed by atoms with Crippen LogP contribution in [0.5, 0.6) is 0 Å². The average Bonchev–Trinajstić information content (AvgIpc) is 3.16. The van der Waals surface area contributed by atoms with E-state index in [9.17, 15) is 9.59 Å². The van der Waals surface area contributed by atoms with Crippen molar-refractivity contribution in [3.05, 3.63) is 36.0 Å². The van der Waals surface area contributed by atoms with E-state index in [-0.39, 0.29) is 11.8 Å². The summed E-state index contributed by atoms with van der Waals surface area (Å²) in [4.78, 5) is 29.7. The molecule has 0 saturated carbocycles. The van der Waals surface area contributed by atoms with Gasteiger partial charge in [0.05, 0.1) is 6.42 Å². The SMILES string of the molecule is CN1CCCC2(CCCN2C(=O)Cc2cn(C)c3ccccc23)C1=O. The van der Waals surface area contributed by atoms with Gasteiger partial charge in [0.15, 0.2) is 0 Å². The number of amides is 2.